The molecular weight excluding hydrogens is 540 g/mol. The first-order valence-electron chi connectivity index (χ1n) is 13.3. The highest BCUT2D eigenvalue weighted by molar-refractivity contribution is 9.10. The predicted octanol–water partition coefficient (Wildman–Crippen LogP) is 10.4. The third kappa shape index (κ3) is 2.60. The topological polar surface area (TPSA) is 13.1 Å². The zero-order valence-corrected chi connectivity index (χ0v) is 22.5. The molecule has 182 valence electrons. The van der Waals surface area contributed by atoms with Crippen LogP contribution in [-0.4, -0.2) is 0 Å². The fourth-order valence-electron chi connectivity index (χ4n) is 7.38. The Balaban J connectivity index is 1.61. The van der Waals surface area contributed by atoms with Gasteiger partial charge in [0.15, 0.2) is 0 Å². The van der Waals surface area contributed by atoms with Gasteiger partial charge in [-0.15, -0.1) is 0 Å². The molecule has 7 aromatic rings. The SMILES string of the molecule is Brc1ccc2c(c1)-c1ccccc1-c1ccccc1C21c2ccccc2-c2ccc3oc4ccccc4c3c21. The summed E-state index contributed by atoms with van der Waals surface area (Å²) in [7, 11) is 0. The van der Waals surface area contributed by atoms with Crippen molar-refractivity contribution in [3.63, 3.8) is 0 Å². The molecule has 1 nitrogen and oxygen atoms in total. The van der Waals surface area contributed by atoms with Gasteiger partial charge in [-0.3, -0.25) is 0 Å². The van der Waals surface area contributed by atoms with Crippen molar-refractivity contribution in [1.29, 1.82) is 0 Å². The number of rotatable bonds is 0. The van der Waals surface area contributed by atoms with Gasteiger partial charge < -0.3 is 4.42 Å². The van der Waals surface area contributed by atoms with Gasteiger partial charge in [0.05, 0.1) is 5.41 Å². The highest BCUT2D eigenvalue weighted by Gasteiger charge is 2.51. The number of benzene rings is 6. The number of hydrogen-bond donors (Lipinski definition) is 0. The van der Waals surface area contributed by atoms with E-state index in [0.29, 0.717) is 0 Å². The lowest BCUT2D eigenvalue weighted by molar-refractivity contribution is 0.668. The second-order valence-electron chi connectivity index (χ2n) is 10.5. The van der Waals surface area contributed by atoms with Crippen LogP contribution in [0.3, 0.4) is 0 Å². The van der Waals surface area contributed by atoms with E-state index >= 15 is 0 Å². The maximum Gasteiger partial charge on any atom is 0.135 e. The van der Waals surface area contributed by atoms with Crippen molar-refractivity contribution in [2.45, 2.75) is 5.41 Å². The lowest BCUT2D eigenvalue weighted by Gasteiger charge is -2.35. The maximum atomic E-state index is 6.49. The molecule has 39 heavy (non-hydrogen) atoms. The second-order valence-corrected chi connectivity index (χ2v) is 11.5. The second kappa shape index (κ2) is 7.59. The van der Waals surface area contributed by atoms with Crippen molar-refractivity contribution in [2.75, 3.05) is 0 Å². The standard InChI is InChI=1S/C37H21BrO/c38-22-17-19-32-29(21-22)24-10-2-1-9-23(24)25-11-3-6-14-30(25)37(32)31-15-7-4-12-26(31)27-18-20-34-35(36(27)37)28-13-5-8-16-33(28)39-34/h1-21H. The molecule has 0 N–H and O–H groups in total. The summed E-state index contributed by atoms with van der Waals surface area (Å²) >= 11 is 3.81. The minimum Gasteiger partial charge on any atom is -0.456 e. The number of halogens is 1. The number of hydrogen-bond acceptors (Lipinski definition) is 1. The van der Waals surface area contributed by atoms with Gasteiger partial charge in [0.25, 0.3) is 0 Å². The molecule has 2 aliphatic rings. The Morgan fingerprint density at radius 1 is 0.462 bits per heavy atom. The molecular formula is C37H21BrO. The van der Waals surface area contributed by atoms with Crippen LogP contribution < -0.4 is 0 Å². The van der Waals surface area contributed by atoms with Gasteiger partial charge in [-0.2, -0.15) is 0 Å². The maximum absolute atomic E-state index is 6.49. The van der Waals surface area contributed by atoms with E-state index in [1.807, 2.05) is 0 Å². The first-order valence-corrected chi connectivity index (χ1v) is 14.1. The average Bonchev–Trinajstić information content (AvgIpc) is 3.48. The Bertz CT molecular complexity index is 2150. The first kappa shape index (κ1) is 21.5. The van der Waals surface area contributed by atoms with Gasteiger partial charge in [0, 0.05) is 15.2 Å². The van der Waals surface area contributed by atoms with Crippen LogP contribution in [0, 0.1) is 0 Å². The number of furan rings is 1. The summed E-state index contributed by atoms with van der Waals surface area (Å²) in [5.74, 6) is 0. The number of fused-ring (bicyclic) bond motifs is 16. The summed E-state index contributed by atoms with van der Waals surface area (Å²) < 4.78 is 7.57. The highest BCUT2D eigenvalue weighted by Crippen LogP contribution is 2.63. The minimum absolute atomic E-state index is 0.524. The zero-order chi connectivity index (χ0) is 25.7. The van der Waals surface area contributed by atoms with Crippen molar-refractivity contribution in [3.05, 3.63) is 154 Å². The van der Waals surface area contributed by atoms with Crippen molar-refractivity contribution in [1.82, 2.24) is 0 Å². The van der Waals surface area contributed by atoms with Gasteiger partial charge in [0.1, 0.15) is 11.2 Å². The molecule has 2 heteroatoms. The summed E-state index contributed by atoms with van der Waals surface area (Å²) in [5.41, 5.74) is 14.2. The van der Waals surface area contributed by atoms with E-state index in [1.165, 1.54) is 61.0 Å². The normalized spacial score (nSPS) is 16.4. The van der Waals surface area contributed by atoms with Crippen LogP contribution in [0.2, 0.25) is 0 Å². The van der Waals surface area contributed by atoms with E-state index in [9.17, 15) is 0 Å². The molecule has 0 saturated carbocycles. The Morgan fingerprint density at radius 3 is 1.82 bits per heavy atom. The van der Waals surface area contributed by atoms with Gasteiger partial charge in [-0.25, -0.2) is 0 Å². The third-order valence-electron chi connectivity index (χ3n) is 8.76. The van der Waals surface area contributed by atoms with Crippen molar-refractivity contribution in [3.8, 4) is 33.4 Å². The molecule has 0 saturated heterocycles. The zero-order valence-electron chi connectivity index (χ0n) is 20.9. The highest BCUT2D eigenvalue weighted by atomic mass is 79.9. The fourth-order valence-corrected chi connectivity index (χ4v) is 7.74. The average molecular weight is 561 g/mol. The summed E-state index contributed by atoms with van der Waals surface area (Å²) in [6, 6.07) is 46.6. The molecule has 6 aromatic carbocycles. The minimum atomic E-state index is -0.524. The molecule has 0 bridgehead atoms. The Labute approximate surface area is 234 Å². The van der Waals surface area contributed by atoms with E-state index in [1.54, 1.807) is 0 Å². The van der Waals surface area contributed by atoms with E-state index in [2.05, 4.69) is 143 Å². The monoisotopic (exact) mass is 560 g/mol. The van der Waals surface area contributed by atoms with Crippen LogP contribution in [0.4, 0.5) is 0 Å². The van der Waals surface area contributed by atoms with Crippen LogP contribution in [0.5, 0.6) is 0 Å². The van der Waals surface area contributed by atoms with Crippen LogP contribution >= 0.6 is 15.9 Å². The smallest absolute Gasteiger partial charge is 0.135 e. The molecule has 1 heterocycles. The van der Waals surface area contributed by atoms with E-state index < -0.39 is 5.41 Å². The van der Waals surface area contributed by atoms with E-state index in [-0.39, 0.29) is 0 Å². The fraction of sp³-hybridized carbons (Fsp3) is 0.0270. The molecule has 1 unspecified atom stereocenters. The molecule has 2 aliphatic carbocycles. The summed E-state index contributed by atoms with van der Waals surface area (Å²) in [6.07, 6.45) is 0. The predicted molar refractivity (Wildman–Crippen MR) is 163 cm³/mol. The van der Waals surface area contributed by atoms with Crippen LogP contribution in [0.25, 0.3) is 55.3 Å². The van der Waals surface area contributed by atoms with Crippen LogP contribution in [-0.2, 0) is 5.41 Å². The lowest BCUT2D eigenvalue weighted by Crippen LogP contribution is -2.29. The quantitative estimate of drug-likeness (QED) is 0.180. The summed E-state index contributed by atoms with van der Waals surface area (Å²) in [5, 5.41) is 2.36. The Morgan fingerprint density at radius 2 is 1.05 bits per heavy atom. The lowest BCUT2D eigenvalue weighted by atomic mass is 9.65. The van der Waals surface area contributed by atoms with Gasteiger partial charge in [-0.05, 0) is 79.9 Å². The van der Waals surface area contributed by atoms with Crippen LogP contribution in [0.15, 0.2) is 136 Å². The number of para-hydroxylation sites is 1. The Hall–Kier alpha value is -4.40. The summed E-state index contributed by atoms with van der Waals surface area (Å²) in [6.45, 7) is 0. The molecule has 0 aliphatic heterocycles. The molecule has 0 amide bonds. The summed E-state index contributed by atoms with van der Waals surface area (Å²) in [4.78, 5) is 0. The molecule has 1 aromatic heterocycles. The third-order valence-corrected chi connectivity index (χ3v) is 9.26. The molecule has 1 atom stereocenters. The van der Waals surface area contributed by atoms with E-state index in [4.69, 9.17) is 4.42 Å². The van der Waals surface area contributed by atoms with Crippen LogP contribution in [0.1, 0.15) is 22.3 Å². The van der Waals surface area contributed by atoms with E-state index in [0.717, 1.165) is 21.0 Å². The van der Waals surface area contributed by atoms with Crippen molar-refractivity contribution >= 4 is 37.9 Å². The van der Waals surface area contributed by atoms with Gasteiger partial charge >= 0.3 is 0 Å². The molecule has 9 rings (SSSR count). The molecule has 0 radical (unpaired) electrons. The van der Waals surface area contributed by atoms with Crippen molar-refractivity contribution < 1.29 is 4.42 Å². The first-order chi connectivity index (χ1) is 19.3. The largest absolute Gasteiger partial charge is 0.456 e. The van der Waals surface area contributed by atoms with Gasteiger partial charge in [0.2, 0.25) is 0 Å². The Kier molecular flexibility index (Phi) is 4.19. The molecule has 0 fully saturated rings. The van der Waals surface area contributed by atoms with Crippen molar-refractivity contribution in [2.24, 2.45) is 0 Å². The van der Waals surface area contributed by atoms with Gasteiger partial charge in [-0.1, -0.05) is 119 Å². The molecule has 1 spiro atoms.